The lowest BCUT2D eigenvalue weighted by atomic mass is 9.90. The van der Waals surface area contributed by atoms with Crippen LogP contribution in [0.15, 0.2) is 18.3 Å². The summed E-state index contributed by atoms with van der Waals surface area (Å²) in [6.45, 7) is 4.11. The minimum Gasteiger partial charge on any atom is -0.390 e. The Balaban J connectivity index is 1.93. The number of aromatic nitrogens is 1. The van der Waals surface area contributed by atoms with Crippen LogP contribution in [0.3, 0.4) is 0 Å². The van der Waals surface area contributed by atoms with Gasteiger partial charge in [-0.1, -0.05) is 0 Å². The lowest BCUT2D eigenvalue weighted by molar-refractivity contribution is 0.00651. The fourth-order valence-corrected chi connectivity index (χ4v) is 2.40. The molecule has 0 saturated carbocycles. The highest BCUT2D eigenvalue weighted by Gasteiger charge is 2.27. The molecule has 1 saturated heterocycles. The molecule has 0 aliphatic carbocycles. The van der Waals surface area contributed by atoms with E-state index in [0.717, 1.165) is 18.7 Å². The van der Waals surface area contributed by atoms with E-state index in [-0.39, 0.29) is 6.04 Å². The predicted octanol–water partition coefficient (Wildman–Crippen LogP) is 0.336. The summed E-state index contributed by atoms with van der Waals surface area (Å²) in [6.07, 6.45) is 2.90. The minimum absolute atomic E-state index is 0.216. The molecule has 0 bridgehead atoms. The van der Waals surface area contributed by atoms with Crippen LogP contribution in [-0.4, -0.2) is 41.5 Å². The molecule has 1 aromatic heterocycles. The van der Waals surface area contributed by atoms with Crippen molar-refractivity contribution in [3.63, 3.8) is 0 Å². The van der Waals surface area contributed by atoms with Gasteiger partial charge in [0.2, 0.25) is 0 Å². The van der Waals surface area contributed by atoms with Crippen molar-refractivity contribution in [2.75, 3.05) is 25.5 Å². The standard InChI is InChI=1S/C13H21N3O2/c1-13(17,8-11-9-18-5-4-15-11)7-10-2-3-16-12(14)6-10/h2-3,6,11,15,17H,4-5,7-9H2,1H3,(H2,14,16). The molecule has 0 radical (unpaired) electrons. The molecule has 2 unspecified atom stereocenters. The largest absolute Gasteiger partial charge is 0.390 e. The van der Waals surface area contributed by atoms with Crippen LogP contribution in [0.5, 0.6) is 0 Å². The summed E-state index contributed by atoms with van der Waals surface area (Å²) in [5, 5.41) is 13.8. The van der Waals surface area contributed by atoms with Crippen LogP contribution < -0.4 is 11.1 Å². The van der Waals surface area contributed by atoms with E-state index < -0.39 is 5.60 Å². The van der Waals surface area contributed by atoms with Crippen molar-refractivity contribution in [2.24, 2.45) is 0 Å². The van der Waals surface area contributed by atoms with Gasteiger partial charge in [0, 0.05) is 25.2 Å². The van der Waals surface area contributed by atoms with Crippen molar-refractivity contribution in [3.8, 4) is 0 Å². The molecule has 1 aromatic rings. The molecule has 5 heteroatoms. The zero-order valence-electron chi connectivity index (χ0n) is 10.7. The van der Waals surface area contributed by atoms with Crippen LogP contribution in [0.2, 0.25) is 0 Å². The second kappa shape index (κ2) is 5.65. The number of morpholine rings is 1. The third-order valence-electron chi connectivity index (χ3n) is 3.12. The van der Waals surface area contributed by atoms with Crippen molar-refractivity contribution in [2.45, 2.75) is 31.4 Å². The van der Waals surface area contributed by atoms with Gasteiger partial charge >= 0.3 is 0 Å². The first-order valence-electron chi connectivity index (χ1n) is 6.29. The monoisotopic (exact) mass is 251 g/mol. The number of nitrogens with one attached hydrogen (secondary N) is 1. The van der Waals surface area contributed by atoms with E-state index in [1.165, 1.54) is 0 Å². The summed E-state index contributed by atoms with van der Waals surface area (Å²) in [6, 6.07) is 3.91. The Labute approximate surface area is 107 Å². The van der Waals surface area contributed by atoms with Crippen LogP contribution in [0.1, 0.15) is 18.9 Å². The van der Waals surface area contributed by atoms with Gasteiger partial charge in [-0.3, -0.25) is 0 Å². The highest BCUT2D eigenvalue weighted by molar-refractivity contribution is 5.32. The Bertz CT molecular complexity index is 390. The summed E-state index contributed by atoms with van der Waals surface area (Å²) in [5.41, 5.74) is 5.87. The lowest BCUT2D eigenvalue weighted by Crippen LogP contribution is -2.46. The summed E-state index contributed by atoms with van der Waals surface area (Å²) < 4.78 is 5.39. The molecule has 5 nitrogen and oxygen atoms in total. The van der Waals surface area contributed by atoms with E-state index in [1.54, 1.807) is 12.3 Å². The highest BCUT2D eigenvalue weighted by Crippen LogP contribution is 2.20. The summed E-state index contributed by atoms with van der Waals surface area (Å²) >= 11 is 0. The molecule has 0 spiro atoms. The third kappa shape index (κ3) is 3.94. The van der Waals surface area contributed by atoms with Gasteiger partial charge in [0.15, 0.2) is 0 Å². The molecule has 18 heavy (non-hydrogen) atoms. The number of ether oxygens (including phenoxy) is 1. The first-order chi connectivity index (χ1) is 8.55. The van der Waals surface area contributed by atoms with E-state index in [1.807, 2.05) is 13.0 Å². The predicted molar refractivity (Wildman–Crippen MR) is 70.2 cm³/mol. The second-order valence-electron chi connectivity index (χ2n) is 5.19. The first kappa shape index (κ1) is 13.3. The van der Waals surface area contributed by atoms with E-state index in [0.29, 0.717) is 25.3 Å². The van der Waals surface area contributed by atoms with Crippen LogP contribution in [0, 0.1) is 0 Å². The first-order valence-corrected chi connectivity index (χ1v) is 6.29. The van der Waals surface area contributed by atoms with Crippen molar-refractivity contribution in [1.82, 2.24) is 10.3 Å². The van der Waals surface area contributed by atoms with Gasteiger partial charge in [0.25, 0.3) is 0 Å². The van der Waals surface area contributed by atoms with Gasteiger partial charge in [-0.05, 0) is 31.0 Å². The maximum absolute atomic E-state index is 10.5. The number of rotatable bonds is 4. The van der Waals surface area contributed by atoms with E-state index in [9.17, 15) is 5.11 Å². The lowest BCUT2D eigenvalue weighted by Gasteiger charge is -2.31. The molecule has 0 amide bonds. The molecular weight excluding hydrogens is 230 g/mol. The van der Waals surface area contributed by atoms with E-state index in [2.05, 4.69) is 10.3 Å². The second-order valence-corrected chi connectivity index (χ2v) is 5.19. The van der Waals surface area contributed by atoms with Gasteiger partial charge in [0.05, 0.1) is 18.8 Å². The van der Waals surface area contributed by atoms with Crippen LogP contribution in [0.25, 0.3) is 0 Å². The molecule has 1 fully saturated rings. The van der Waals surface area contributed by atoms with Crippen LogP contribution in [-0.2, 0) is 11.2 Å². The summed E-state index contributed by atoms with van der Waals surface area (Å²) in [4.78, 5) is 3.95. The number of hydrogen-bond acceptors (Lipinski definition) is 5. The Kier molecular flexibility index (Phi) is 4.16. The Morgan fingerprint density at radius 2 is 2.50 bits per heavy atom. The van der Waals surface area contributed by atoms with Crippen molar-refractivity contribution >= 4 is 5.82 Å². The highest BCUT2D eigenvalue weighted by atomic mass is 16.5. The number of hydrogen-bond donors (Lipinski definition) is 3. The SMILES string of the molecule is CC(O)(Cc1ccnc(N)c1)CC1COCCN1. The molecular formula is C13H21N3O2. The van der Waals surface area contributed by atoms with Gasteiger partial charge < -0.3 is 20.9 Å². The summed E-state index contributed by atoms with van der Waals surface area (Å²) in [5.74, 6) is 0.488. The fraction of sp³-hybridized carbons (Fsp3) is 0.615. The molecule has 4 N–H and O–H groups in total. The Morgan fingerprint density at radius 3 is 3.17 bits per heavy atom. The molecule has 2 heterocycles. The molecule has 2 atom stereocenters. The van der Waals surface area contributed by atoms with Gasteiger partial charge in [-0.25, -0.2) is 4.98 Å². The van der Waals surface area contributed by atoms with Crippen molar-refractivity contribution < 1.29 is 9.84 Å². The normalized spacial score (nSPS) is 23.6. The van der Waals surface area contributed by atoms with Crippen molar-refractivity contribution in [3.05, 3.63) is 23.9 Å². The van der Waals surface area contributed by atoms with Crippen molar-refractivity contribution in [1.29, 1.82) is 0 Å². The Hall–Kier alpha value is -1.17. The molecule has 1 aliphatic heterocycles. The topological polar surface area (TPSA) is 80.4 Å². The Morgan fingerprint density at radius 1 is 1.67 bits per heavy atom. The maximum Gasteiger partial charge on any atom is 0.123 e. The minimum atomic E-state index is -0.772. The number of nitrogens with two attached hydrogens (primary N) is 1. The van der Waals surface area contributed by atoms with Gasteiger partial charge in [-0.15, -0.1) is 0 Å². The zero-order valence-corrected chi connectivity index (χ0v) is 10.7. The number of aliphatic hydroxyl groups is 1. The molecule has 100 valence electrons. The average Bonchev–Trinajstić information content (AvgIpc) is 2.28. The maximum atomic E-state index is 10.5. The smallest absolute Gasteiger partial charge is 0.123 e. The number of pyridine rings is 1. The third-order valence-corrected chi connectivity index (χ3v) is 3.12. The zero-order chi connectivity index (χ0) is 13.0. The van der Waals surface area contributed by atoms with Crippen LogP contribution >= 0.6 is 0 Å². The number of nitrogens with zero attached hydrogens (tertiary/aromatic N) is 1. The van der Waals surface area contributed by atoms with Crippen LogP contribution in [0.4, 0.5) is 5.82 Å². The quantitative estimate of drug-likeness (QED) is 0.719. The molecule has 2 rings (SSSR count). The number of anilines is 1. The summed E-state index contributed by atoms with van der Waals surface area (Å²) in [7, 11) is 0. The van der Waals surface area contributed by atoms with Gasteiger partial charge in [0.1, 0.15) is 5.82 Å². The fourth-order valence-electron chi connectivity index (χ4n) is 2.40. The van der Waals surface area contributed by atoms with Gasteiger partial charge in [-0.2, -0.15) is 0 Å². The molecule has 0 aromatic carbocycles. The number of nitrogen functional groups attached to an aromatic ring is 1. The molecule has 1 aliphatic rings. The van der Waals surface area contributed by atoms with E-state index >= 15 is 0 Å². The average molecular weight is 251 g/mol. The van der Waals surface area contributed by atoms with E-state index in [4.69, 9.17) is 10.5 Å².